The maximum Gasteiger partial charge on any atom is 0.257 e. The van der Waals surface area contributed by atoms with Crippen LogP contribution < -0.4 is 5.73 Å². The van der Waals surface area contributed by atoms with Gasteiger partial charge in [-0.1, -0.05) is 48.5 Å². The summed E-state index contributed by atoms with van der Waals surface area (Å²) in [5.74, 6) is 0. The van der Waals surface area contributed by atoms with Crippen LogP contribution in [0.3, 0.4) is 0 Å². The van der Waals surface area contributed by atoms with Crippen LogP contribution in [0.25, 0.3) is 21.5 Å². The Bertz CT molecular complexity index is 683. The lowest BCUT2D eigenvalue weighted by Crippen LogP contribution is -2.19. The van der Waals surface area contributed by atoms with E-state index in [1.807, 2.05) is 54.6 Å². The monoisotopic (exact) mass is 257 g/mol. The zero-order valence-corrected chi connectivity index (χ0v) is 10.2. The van der Waals surface area contributed by atoms with Crippen LogP contribution in [-0.4, -0.2) is 6.43 Å². The molecular weight excluding hydrogens is 244 g/mol. The molecule has 96 valence electrons. The Balaban J connectivity index is 2.46. The van der Waals surface area contributed by atoms with Gasteiger partial charge >= 0.3 is 0 Å². The van der Waals surface area contributed by atoms with Crippen molar-refractivity contribution in [3.05, 3.63) is 60.2 Å². The number of fused-ring (bicyclic) bond motifs is 2. The fraction of sp³-hybridized carbons (Fsp3) is 0.125. The van der Waals surface area contributed by atoms with Crippen molar-refractivity contribution in [3.8, 4) is 0 Å². The molecule has 0 spiro atoms. The summed E-state index contributed by atoms with van der Waals surface area (Å²) in [5.41, 5.74) is 6.25. The number of hydrogen-bond acceptors (Lipinski definition) is 1. The van der Waals surface area contributed by atoms with Crippen LogP contribution >= 0.6 is 0 Å². The fourth-order valence-corrected chi connectivity index (χ4v) is 2.53. The predicted molar refractivity (Wildman–Crippen MR) is 74.4 cm³/mol. The third-order valence-corrected chi connectivity index (χ3v) is 3.42. The zero-order valence-electron chi connectivity index (χ0n) is 10.2. The van der Waals surface area contributed by atoms with Crippen molar-refractivity contribution < 1.29 is 8.78 Å². The van der Waals surface area contributed by atoms with Gasteiger partial charge in [-0.15, -0.1) is 0 Å². The standard InChI is InChI=1S/C16H13F2N/c17-16(18)15(19)14-12-7-3-1-5-10(12)9-11-6-2-4-8-13(11)14/h1-9,15-16H,19H2/t15-/m0/s1. The number of benzene rings is 3. The van der Waals surface area contributed by atoms with E-state index in [-0.39, 0.29) is 0 Å². The lowest BCUT2D eigenvalue weighted by molar-refractivity contribution is 0.117. The molecule has 19 heavy (non-hydrogen) atoms. The third kappa shape index (κ3) is 1.96. The van der Waals surface area contributed by atoms with Crippen LogP contribution in [0.4, 0.5) is 8.78 Å². The third-order valence-electron chi connectivity index (χ3n) is 3.42. The Kier molecular flexibility index (Phi) is 2.91. The molecule has 0 aliphatic rings. The lowest BCUT2D eigenvalue weighted by Gasteiger charge is -2.17. The molecule has 0 aliphatic heterocycles. The molecule has 0 radical (unpaired) electrons. The maximum absolute atomic E-state index is 13.0. The van der Waals surface area contributed by atoms with E-state index in [1.54, 1.807) is 0 Å². The topological polar surface area (TPSA) is 26.0 Å². The minimum absolute atomic E-state index is 0.531. The first-order chi connectivity index (χ1) is 9.18. The molecule has 0 amide bonds. The van der Waals surface area contributed by atoms with Gasteiger partial charge in [-0.3, -0.25) is 0 Å². The Morgan fingerprint density at radius 1 is 0.789 bits per heavy atom. The Morgan fingerprint density at radius 3 is 1.74 bits per heavy atom. The van der Waals surface area contributed by atoms with Crippen LogP contribution in [0.15, 0.2) is 54.6 Å². The molecule has 0 fully saturated rings. The summed E-state index contributed by atoms with van der Waals surface area (Å²) < 4.78 is 26.1. The van der Waals surface area contributed by atoms with Crippen molar-refractivity contribution >= 4 is 21.5 Å². The number of nitrogens with two attached hydrogens (primary N) is 1. The molecule has 0 unspecified atom stereocenters. The Labute approximate surface area is 109 Å². The van der Waals surface area contributed by atoms with Crippen LogP contribution in [0, 0.1) is 0 Å². The second-order valence-electron chi connectivity index (χ2n) is 4.59. The second-order valence-corrected chi connectivity index (χ2v) is 4.59. The molecule has 3 heteroatoms. The number of rotatable bonds is 2. The van der Waals surface area contributed by atoms with E-state index in [0.717, 1.165) is 21.5 Å². The molecule has 3 aromatic carbocycles. The van der Waals surface area contributed by atoms with E-state index in [9.17, 15) is 8.78 Å². The Morgan fingerprint density at radius 2 is 1.26 bits per heavy atom. The summed E-state index contributed by atoms with van der Waals surface area (Å²) in [6.07, 6.45) is -2.57. The summed E-state index contributed by atoms with van der Waals surface area (Å²) in [6.45, 7) is 0. The molecule has 0 bridgehead atoms. The number of halogens is 2. The largest absolute Gasteiger partial charge is 0.319 e. The normalized spacial score (nSPS) is 13.3. The highest BCUT2D eigenvalue weighted by atomic mass is 19.3. The van der Waals surface area contributed by atoms with E-state index < -0.39 is 12.5 Å². The quantitative estimate of drug-likeness (QED) is 0.682. The molecule has 3 aromatic rings. The highest BCUT2D eigenvalue weighted by Gasteiger charge is 2.22. The van der Waals surface area contributed by atoms with Crippen LogP contribution in [0.5, 0.6) is 0 Å². The lowest BCUT2D eigenvalue weighted by atomic mass is 9.93. The fourth-order valence-electron chi connectivity index (χ4n) is 2.53. The van der Waals surface area contributed by atoms with Crippen LogP contribution in [-0.2, 0) is 0 Å². The number of hydrogen-bond donors (Lipinski definition) is 1. The van der Waals surface area contributed by atoms with E-state index in [1.165, 1.54) is 0 Å². The molecule has 3 rings (SSSR count). The van der Waals surface area contributed by atoms with Gasteiger partial charge in [-0.05, 0) is 33.2 Å². The Hall–Kier alpha value is -2.00. The molecule has 0 saturated heterocycles. The van der Waals surface area contributed by atoms with Crippen molar-refractivity contribution in [2.45, 2.75) is 12.5 Å². The van der Waals surface area contributed by atoms with Gasteiger partial charge in [0.25, 0.3) is 6.43 Å². The van der Waals surface area contributed by atoms with Crippen LogP contribution in [0.1, 0.15) is 11.6 Å². The van der Waals surface area contributed by atoms with Crippen molar-refractivity contribution in [1.82, 2.24) is 0 Å². The second kappa shape index (κ2) is 4.59. The van der Waals surface area contributed by atoms with Crippen molar-refractivity contribution in [2.75, 3.05) is 0 Å². The smallest absolute Gasteiger partial charge is 0.257 e. The highest BCUT2D eigenvalue weighted by molar-refractivity contribution is 6.02. The van der Waals surface area contributed by atoms with Crippen molar-refractivity contribution in [3.63, 3.8) is 0 Å². The van der Waals surface area contributed by atoms with Crippen molar-refractivity contribution in [1.29, 1.82) is 0 Å². The van der Waals surface area contributed by atoms with Gasteiger partial charge in [0.2, 0.25) is 0 Å². The molecule has 0 aromatic heterocycles. The van der Waals surface area contributed by atoms with Gasteiger partial charge in [-0.25, -0.2) is 8.78 Å². The van der Waals surface area contributed by atoms with Gasteiger partial charge in [0.15, 0.2) is 0 Å². The SMILES string of the molecule is N[C@@H](c1c2ccccc2cc2ccccc12)C(F)F. The molecular formula is C16H13F2N. The summed E-state index contributed by atoms with van der Waals surface area (Å²) in [7, 11) is 0. The number of alkyl halides is 2. The summed E-state index contributed by atoms with van der Waals surface area (Å²) in [6, 6.07) is 15.8. The van der Waals surface area contributed by atoms with E-state index in [4.69, 9.17) is 5.73 Å². The average Bonchev–Trinajstić information content (AvgIpc) is 2.43. The van der Waals surface area contributed by atoms with Gasteiger partial charge in [0, 0.05) is 0 Å². The van der Waals surface area contributed by atoms with Gasteiger partial charge in [0.1, 0.15) is 0 Å². The van der Waals surface area contributed by atoms with Gasteiger partial charge in [0.05, 0.1) is 6.04 Å². The molecule has 2 N–H and O–H groups in total. The molecule has 0 saturated carbocycles. The molecule has 1 nitrogen and oxygen atoms in total. The van der Waals surface area contributed by atoms with Crippen LogP contribution in [0.2, 0.25) is 0 Å². The predicted octanol–water partition coefficient (Wildman–Crippen LogP) is 4.26. The van der Waals surface area contributed by atoms with E-state index >= 15 is 0 Å². The van der Waals surface area contributed by atoms with E-state index in [0.29, 0.717) is 5.56 Å². The first kappa shape index (κ1) is 12.1. The molecule has 0 aliphatic carbocycles. The first-order valence-electron chi connectivity index (χ1n) is 6.12. The first-order valence-corrected chi connectivity index (χ1v) is 6.12. The molecule has 0 heterocycles. The molecule has 1 atom stereocenters. The van der Waals surface area contributed by atoms with Gasteiger partial charge < -0.3 is 5.73 Å². The summed E-state index contributed by atoms with van der Waals surface area (Å²) >= 11 is 0. The van der Waals surface area contributed by atoms with E-state index in [2.05, 4.69) is 0 Å². The summed E-state index contributed by atoms with van der Waals surface area (Å²) in [4.78, 5) is 0. The highest BCUT2D eigenvalue weighted by Crippen LogP contribution is 2.33. The van der Waals surface area contributed by atoms with Gasteiger partial charge in [-0.2, -0.15) is 0 Å². The minimum atomic E-state index is -2.57. The van der Waals surface area contributed by atoms with Crippen molar-refractivity contribution in [2.24, 2.45) is 5.73 Å². The maximum atomic E-state index is 13.0. The average molecular weight is 257 g/mol. The zero-order chi connectivity index (χ0) is 13.4. The summed E-state index contributed by atoms with van der Waals surface area (Å²) in [5, 5.41) is 3.47. The minimum Gasteiger partial charge on any atom is -0.319 e.